The summed E-state index contributed by atoms with van der Waals surface area (Å²) in [5.41, 5.74) is 0. The third-order valence-electron chi connectivity index (χ3n) is 0.694. The summed E-state index contributed by atoms with van der Waals surface area (Å²) in [5.74, 6) is 0. The maximum atomic E-state index is 9.69. The molecule has 0 N–H and O–H groups in total. The zero-order valence-corrected chi connectivity index (χ0v) is 7.15. The molecule has 3 nitrogen and oxygen atoms in total. The van der Waals surface area contributed by atoms with E-state index in [1.165, 1.54) is 0 Å². The number of alkyl halides is 1. The molecule has 0 saturated carbocycles. The molecule has 0 aromatic carbocycles. The van der Waals surface area contributed by atoms with Crippen LogP contribution in [-0.4, -0.2) is 11.9 Å². The summed E-state index contributed by atoms with van der Waals surface area (Å²) in [6, 6.07) is 0. The van der Waals surface area contributed by atoms with E-state index in [1.807, 2.05) is 0 Å². The molecule has 0 aromatic rings. The Balaban J connectivity index is 2.75. The van der Waals surface area contributed by atoms with Crippen LogP contribution in [0.25, 0.3) is 0 Å². The molecule has 0 radical (unpaired) electrons. The Morgan fingerprint density at radius 1 is 1.33 bits per heavy atom. The normalized spacial score (nSPS) is 10.7. The van der Waals surface area contributed by atoms with Gasteiger partial charge in [-0.25, -0.2) is 0 Å². The molecular weight excluding hydrogens is 211 g/mol. The summed E-state index contributed by atoms with van der Waals surface area (Å²) in [4.78, 5) is 0. The lowest BCUT2D eigenvalue weighted by atomic mass is 10.4. The molecule has 0 rings (SSSR count). The molecule has 0 heterocycles. The number of unbranched alkanes of at least 4 members (excludes halogenated alkanes) is 1. The molecule has 9 heavy (non-hydrogen) atoms. The van der Waals surface area contributed by atoms with E-state index in [-0.39, 0.29) is 6.61 Å². The highest BCUT2D eigenvalue weighted by Crippen LogP contribution is 1.94. The first-order chi connectivity index (χ1) is 4.27. The van der Waals surface area contributed by atoms with Crippen LogP contribution in [-0.2, 0) is 4.29 Å². The molecule has 0 aliphatic heterocycles. The Morgan fingerprint density at radius 3 is 2.44 bits per heavy atom. The van der Waals surface area contributed by atoms with E-state index in [0.717, 1.165) is 18.2 Å². The molecule has 0 saturated heterocycles. The summed E-state index contributed by atoms with van der Waals surface area (Å²) < 4.78 is 23.6. The van der Waals surface area contributed by atoms with Crippen LogP contribution in [0.5, 0.6) is 0 Å². The first kappa shape index (κ1) is 9.65. The lowest BCUT2D eigenvalue weighted by Gasteiger charge is -1.92. The van der Waals surface area contributed by atoms with Crippen molar-refractivity contribution in [3.8, 4) is 0 Å². The molecule has 0 aromatic heterocycles. The summed E-state index contributed by atoms with van der Waals surface area (Å²) >= 11 is 3.20. The smallest absolute Gasteiger partial charge is 0.285 e. The van der Waals surface area contributed by atoms with Crippen molar-refractivity contribution in [2.45, 2.75) is 12.8 Å². The van der Waals surface area contributed by atoms with E-state index in [9.17, 15) is 9.32 Å². The van der Waals surface area contributed by atoms with Gasteiger partial charge in [-0.05, 0) is 12.8 Å². The second-order valence-corrected chi connectivity index (χ2v) is 2.79. The van der Waals surface area contributed by atoms with Crippen molar-refractivity contribution in [3.63, 3.8) is 0 Å². The predicted octanol–water partition coefficient (Wildman–Crippen LogP) is -0.736. The zero-order chi connectivity index (χ0) is 7.11. The Morgan fingerprint density at radius 2 is 2.00 bits per heavy atom. The van der Waals surface area contributed by atoms with Crippen molar-refractivity contribution in [1.29, 1.82) is 0 Å². The van der Waals surface area contributed by atoms with Gasteiger partial charge in [-0.2, -0.15) is 0 Å². The van der Waals surface area contributed by atoms with E-state index < -0.39 is 10.8 Å². The SMILES string of the molecule is [O-][Cl+2]([O-])OCCCCBr. The molecule has 0 atom stereocenters. The molecule has 0 amide bonds. The number of rotatable bonds is 5. The number of hydrogen-bond acceptors (Lipinski definition) is 3. The maximum absolute atomic E-state index is 9.69. The minimum Gasteiger partial charge on any atom is -0.320 e. The van der Waals surface area contributed by atoms with Gasteiger partial charge in [0.25, 0.3) is 10.8 Å². The van der Waals surface area contributed by atoms with E-state index in [0.29, 0.717) is 0 Å². The second-order valence-electron chi connectivity index (χ2n) is 1.40. The highest BCUT2D eigenvalue weighted by Gasteiger charge is 2.03. The lowest BCUT2D eigenvalue weighted by molar-refractivity contribution is -1.63. The molecule has 0 aliphatic carbocycles. The third kappa shape index (κ3) is 8.65. The standard InChI is InChI=1S/C4H8BrClO3/c5-3-1-2-4-9-6(7)8/h1-4H2. The van der Waals surface area contributed by atoms with Crippen molar-refractivity contribution in [1.82, 2.24) is 0 Å². The maximum Gasteiger partial charge on any atom is 0.285 e. The predicted molar refractivity (Wildman–Crippen MR) is 29.0 cm³/mol. The quantitative estimate of drug-likeness (QED) is 0.452. The van der Waals surface area contributed by atoms with E-state index in [1.54, 1.807) is 0 Å². The van der Waals surface area contributed by atoms with Crippen molar-refractivity contribution >= 4 is 15.9 Å². The minimum atomic E-state index is -2.04. The molecule has 0 aliphatic rings. The van der Waals surface area contributed by atoms with Crippen LogP contribution < -0.4 is 9.32 Å². The Bertz CT molecular complexity index is 61.8. The van der Waals surface area contributed by atoms with Crippen LogP contribution in [0.4, 0.5) is 0 Å². The summed E-state index contributed by atoms with van der Waals surface area (Å²) in [6.07, 6.45) is 1.70. The van der Waals surface area contributed by atoms with Gasteiger partial charge in [0.05, 0.1) is 0 Å². The average Bonchev–Trinajstić information content (AvgIpc) is 1.80. The van der Waals surface area contributed by atoms with Gasteiger partial charge in [0.2, 0.25) is 0 Å². The average molecular weight is 219 g/mol. The van der Waals surface area contributed by atoms with E-state index in [2.05, 4.69) is 20.2 Å². The van der Waals surface area contributed by atoms with Crippen LogP contribution in [0.15, 0.2) is 0 Å². The molecule has 5 heteroatoms. The van der Waals surface area contributed by atoms with Gasteiger partial charge < -0.3 is 9.32 Å². The van der Waals surface area contributed by atoms with Crippen molar-refractivity contribution in [2.24, 2.45) is 0 Å². The van der Waals surface area contributed by atoms with Gasteiger partial charge in [-0.1, -0.05) is 15.9 Å². The van der Waals surface area contributed by atoms with E-state index in [4.69, 9.17) is 0 Å². The van der Waals surface area contributed by atoms with Gasteiger partial charge in [0, 0.05) is 9.62 Å². The largest absolute Gasteiger partial charge is 0.320 e. The van der Waals surface area contributed by atoms with Crippen LogP contribution in [0.3, 0.4) is 0 Å². The van der Waals surface area contributed by atoms with Gasteiger partial charge in [-0.15, -0.1) is 0 Å². The van der Waals surface area contributed by atoms with Crippen LogP contribution in [0.2, 0.25) is 0 Å². The van der Waals surface area contributed by atoms with Gasteiger partial charge in [0.15, 0.2) is 6.61 Å². The summed E-state index contributed by atoms with van der Waals surface area (Å²) in [6.45, 7) is 0.277. The van der Waals surface area contributed by atoms with Crippen molar-refractivity contribution < 1.29 is 24.4 Å². The van der Waals surface area contributed by atoms with Crippen LogP contribution >= 0.6 is 15.9 Å². The monoisotopic (exact) mass is 218 g/mol. The van der Waals surface area contributed by atoms with Crippen molar-refractivity contribution in [3.05, 3.63) is 0 Å². The van der Waals surface area contributed by atoms with Gasteiger partial charge >= 0.3 is 0 Å². The Kier molecular flexibility index (Phi) is 7.25. The minimum absolute atomic E-state index is 0.277. The van der Waals surface area contributed by atoms with Gasteiger partial charge in [-0.3, -0.25) is 0 Å². The summed E-state index contributed by atoms with van der Waals surface area (Å²) in [5, 5.41) is 0.887. The fourth-order valence-corrected chi connectivity index (χ4v) is 0.946. The lowest BCUT2D eigenvalue weighted by Crippen LogP contribution is -2.34. The second kappa shape index (κ2) is 6.77. The Hall–Kier alpha value is 0.650. The molecule has 0 spiro atoms. The fraction of sp³-hybridized carbons (Fsp3) is 1.00. The van der Waals surface area contributed by atoms with Crippen molar-refractivity contribution in [2.75, 3.05) is 11.9 Å². The molecule has 0 bridgehead atoms. The molecule has 0 unspecified atom stereocenters. The van der Waals surface area contributed by atoms with Crippen LogP contribution in [0.1, 0.15) is 12.8 Å². The highest BCUT2D eigenvalue weighted by atomic mass is 79.9. The fourth-order valence-electron chi connectivity index (χ4n) is 0.314. The van der Waals surface area contributed by atoms with E-state index >= 15 is 0 Å². The zero-order valence-electron chi connectivity index (χ0n) is 4.81. The first-order valence-corrected chi connectivity index (χ1v) is 4.57. The van der Waals surface area contributed by atoms with Gasteiger partial charge in [0.1, 0.15) is 0 Å². The molecule has 56 valence electrons. The summed E-state index contributed by atoms with van der Waals surface area (Å²) in [7, 11) is -2.04. The molecule has 0 fully saturated rings. The van der Waals surface area contributed by atoms with Crippen LogP contribution in [0, 0.1) is 10.8 Å². The molecular formula is C4H8BrClO3. The topological polar surface area (TPSA) is 55.3 Å². The number of hydrogen-bond donors (Lipinski definition) is 0. The first-order valence-electron chi connectivity index (χ1n) is 2.52. The Labute approximate surface area is 65.5 Å². The third-order valence-corrected chi connectivity index (χ3v) is 1.59. The highest BCUT2D eigenvalue weighted by molar-refractivity contribution is 9.09. The number of halogens is 2.